The van der Waals surface area contributed by atoms with Crippen LogP contribution in [0.4, 0.5) is 0 Å². The zero-order valence-electron chi connectivity index (χ0n) is 14.0. The first-order chi connectivity index (χ1) is 11.7. The molecule has 5 heteroatoms. The lowest BCUT2D eigenvalue weighted by molar-refractivity contribution is 0.0880. The van der Waals surface area contributed by atoms with Gasteiger partial charge in [-0.25, -0.2) is 4.98 Å². The maximum atomic E-state index is 12.4. The van der Waals surface area contributed by atoms with Crippen LogP contribution in [0.25, 0.3) is 21.9 Å². The molecule has 5 nitrogen and oxygen atoms in total. The van der Waals surface area contributed by atoms with Crippen molar-refractivity contribution in [2.24, 2.45) is 0 Å². The molecule has 2 aliphatic rings. The summed E-state index contributed by atoms with van der Waals surface area (Å²) in [6.07, 6.45) is 4.57. The molecular formula is C19H19N3O2. The summed E-state index contributed by atoms with van der Waals surface area (Å²) in [6, 6.07) is 1.93. The smallest absolute Gasteiger partial charge is 0.259 e. The maximum Gasteiger partial charge on any atom is 0.259 e. The van der Waals surface area contributed by atoms with E-state index in [1.165, 1.54) is 5.56 Å². The van der Waals surface area contributed by atoms with E-state index < -0.39 is 0 Å². The topological polar surface area (TPSA) is 74.8 Å². The van der Waals surface area contributed by atoms with Crippen LogP contribution in [0.5, 0.6) is 0 Å². The van der Waals surface area contributed by atoms with E-state index in [0.29, 0.717) is 11.1 Å². The number of hydrogen-bond acceptors (Lipinski definition) is 3. The average Bonchev–Trinajstić information content (AvgIpc) is 3.25. The van der Waals surface area contributed by atoms with Gasteiger partial charge in [0, 0.05) is 17.0 Å². The van der Waals surface area contributed by atoms with Crippen molar-refractivity contribution in [3.63, 3.8) is 0 Å². The molecule has 0 radical (unpaired) electrons. The molecule has 0 saturated carbocycles. The fourth-order valence-corrected chi connectivity index (χ4v) is 4.03. The van der Waals surface area contributed by atoms with Gasteiger partial charge < -0.3 is 4.98 Å². The largest absolute Gasteiger partial charge is 0.339 e. The van der Waals surface area contributed by atoms with Gasteiger partial charge in [-0.1, -0.05) is 13.8 Å². The standard InChI is InChI=1S/C17H13N3O2.C2H6/c1-7-5-6-18-15-10(7)12-13-11(16(21)20-17(13)22)8-3-2-4-9(8)14(12)19-15;1-2/h5-6H,2-4H2,1H3,(H,18,19)(H,20,21,22);1-2H3. The van der Waals surface area contributed by atoms with Crippen LogP contribution in [-0.2, 0) is 12.8 Å². The Kier molecular flexibility index (Phi) is 3.20. The molecule has 0 spiro atoms. The molecule has 24 heavy (non-hydrogen) atoms. The van der Waals surface area contributed by atoms with Gasteiger partial charge in [-0.15, -0.1) is 0 Å². The molecule has 0 saturated heterocycles. The van der Waals surface area contributed by atoms with Crippen LogP contribution in [0.15, 0.2) is 12.3 Å². The minimum Gasteiger partial charge on any atom is -0.339 e. The zero-order valence-corrected chi connectivity index (χ0v) is 14.0. The number of hydrogen-bond donors (Lipinski definition) is 2. The second-order valence-corrected chi connectivity index (χ2v) is 6.07. The van der Waals surface area contributed by atoms with Crippen LogP contribution >= 0.6 is 0 Å². The van der Waals surface area contributed by atoms with Crippen molar-refractivity contribution in [1.29, 1.82) is 0 Å². The molecular weight excluding hydrogens is 302 g/mol. The van der Waals surface area contributed by atoms with Crippen molar-refractivity contribution in [2.75, 3.05) is 0 Å². The maximum absolute atomic E-state index is 12.4. The summed E-state index contributed by atoms with van der Waals surface area (Å²) in [5.41, 5.74) is 6.16. The summed E-state index contributed by atoms with van der Waals surface area (Å²) < 4.78 is 0. The van der Waals surface area contributed by atoms with Gasteiger partial charge in [-0.05, 0) is 48.9 Å². The lowest BCUT2D eigenvalue weighted by Crippen LogP contribution is -2.20. The van der Waals surface area contributed by atoms with Gasteiger partial charge in [0.05, 0.1) is 16.6 Å². The Balaban J connectivity index is 0.000000704. The van der Waals surface area contributed by atoms with E-state index in [9.17, 15) is 9.59 Å². The average molecular weight is 321 g/mol. The number of pyridine rings is 1. The number of amides is 2. The highest BCUT2D eigenvalue weighted by atomic mass is 16.2. The number of aromatic nitrogens is 2. The molecule has 1 aliphatic heterocycles. The minimum atomic E-state index is -0.288. The molecule has 1 aliphatic carbocycles. The number of H-pyrrole nitrogens is 1. The third-order valence-electron chi connectivity index (χ3n) is 4.91. The number of imide groups is 1. The first kappa shape index (κ1) is 14.9. The van der Waals surface area contributed by atoms with Crippen LogP contribution < -0.4 is 5.32 Å². The summed E-state index contributed by atoms with van der Waals surface area (Å²) >= 11 is 0. The van der Waals surface area contributed by atoms with E-state index in [-0.39, 0.29) is 11.8 Å². The zero-order chi connectivity index (χ0) is 17.0. The fraction of sp³-hybridized carbons (Fsp3) is 0.316. The summed E-state index contributed by atoms with van der Waals surface area (Å²) in [5, 5.41) is 4.28. The quantitative estimate of drug-likeness (QED) is 0.623. The highest BCUT2D eigenvalue weighted by Crippen LogP contribution is 2.41. The third-order valence-corrected chi connectivity index (χ3v) is 4.91. The molecule has 122 valence electrons. The number of benzene rings is 1. The molecule has 2 aromatic heterocycles. The first-order valence-electron chi connectivity index (χ1n) is 8.47. The number of aromatic amines is 1. The van der Waals surface area contributed by atoms with Gasteiger partial charge >= 0.3 is 0 Å². The minimum absolute atomic E-state index is 0.254. The van der Waals surface area contributed by atoms with Crippen LogP contribution in [-0.4, -0.2) is 21.8 Å². The Hall–Kier alpha value is -2.69. The van der Waals surface area contributed by atoms with E-state index in [2.05, 4.69) is 15.3 Å². The van der Waals surface area contributed by atoms with Gasteiger partial charge in [0.15, 0.2) is 0 Å². The summed E-state index contributed by atoms with van der Waals surface area (Å²) in [4.78, 5) is 32.4. The van der Waals surface area contributed by atoms with E-state index in [0.717, 1.165) is 52.3 Å². The van der Waals surface area contributed by atoms with Crippen molar-refractivity contribution in [3.8, 4) is 0 Å². The van der Waals surface area contributed by atoms with Crippen LogP contribution in [0.2, 0.25) is 0 Å². The lowest BCUT2D eigenvalue weighted by atomic mass is 9.93. The molecule has 0 fully saturated rings. The molecule has 0 unspecified atom stereocenters. The normalized spacial score (nSPS) is 15.3. The Bertz CT molecular complexity index is 1030. The summed E-state index contributed by atoms with van der Waals surface area (Å²) in [6.45, 7) is 6.01. The monoisotopic (exact) mass is 321 g/mol. The SMILES string of the molecule is CC.Cc1ccnc2[nH]c3c4c(c5c(c3c12)C(=O)NC5=O)CCC4. The molecule has 2 N–H and O–H groups in total. The number of aryl methyl sites for hydroxylation is 2. The number of rotatable bonds is 0. The number of fused-ring (bicyclic) bond motifs is 8. The molecule has 2 amide bonds. The van der Waals surface area contributed by atoms with Crippen LogP contribution in [0.3, 0.4) is 0 Å². The molecule has 3 aromatic rings. The van der Waals surface area contributed by atoms with E-state index in [1.807, 2.05) is 26.8 Å². The Morgan fingerprint density at radius 1 is 1.00 bits per heavy atom. The summed E-state index contributed by atoms with van der Waals surface area (Å²) in [7, 11) is 0. The first-order valence-corrected chi connectivity index (χ1v) is 8.47. The molecule has 3 heterocycles. The molecule has 0 bridgehead atoms. The number of nitrogens with zero attached hydrogens (tertiary/aromatic N) is 1. The second kappa shape index (κ2) is 5.16. The van der Waals surface area contributed by atoms with E-state index in [4.69, 9.17) is 0 Å². The predicted molar refractivity (Wildman–Crippen MR) is 93.5 cm³/mol. The van der Waals surface area contributed by atoms with Gasteiger partial charge in [-0.2, -0.15) is 0 Å². The van der Waals surface area contributed by atoms with Crippen molar-refractivity contribution >= 4 is 33.8 Å². The summed E-state index contributed by atoms with van der Waals surface area (Å²) in [5.74, 6) is -0.542. The number of carbonyl (C=O) groups is 2. The van der Waals surface area contributed by atoms with E-state index in [1.54, 1.807) is 6.20 Å². The van der Waals surface area contributed by atoms with Crippen molar-refractivity contribution in [2.45, 2.75) is 40.0 Å². The van der Waals surface area contributed by atoms with E-state index >= 15 is 0 Å². The Labute approximate surface area is 139 Å². The van der Waals surface area contributed by atoms with Gasteiger partial charge in [0.1, 0.15) is 5.65 Å². The molecule has 1 aromatic carbocycles. The van der Waals surface area contributed by atoms with Crippen molar-refractivity contribution in [1.82, 2.24) is 15.3 Å². The Morgan fingerprint density at radius 2 is 1.71 bits per heavy atom. The molecule has 0 atom stereocenters. The molecule has 5 rings (SSSR count). The van der Waals surface area contributed by atoms with Crippen molar-refractivity contribution in [3.05, 3.63) is 40.1 Å². The van der Waals surface area contributed by atoms with Crippen LogP contribution in [0.1, 0.15) is 57.7 Å². The second-order valence-electron chi connectivity index (χ2n) is 6.07. The van der Waals surface area contributed by atoms with Crippen LogP contribution in [0, 0.1) is 6.92 Å². The van der Waals surface area contributed by atoms with Gasteiger partial charge in [0.25, 0.3) is 11.8 Å². The van der Waals surface area contributed by atoms with Gasteiger partial charge in [0.2, 0.25) is 0 Å². The third kappa shape index (κ3) is 1.72. The van der Waals surface area contributed by atoms with Gasteiger partial charge in [-0.3, -0.25) is 14.9 Å². The number of carbonyl (C=O) groups excluding carboxylic acids is 2. The fourth-order valence-electron chi connectivity index (χ4n) is 4.03. The number of nitrogens with one attached hydrogen (secondary N) is 2. The highest BCUT2D eigenvalue weighted by Gasteiger charge is 2.36. The Morgan fingerprint density at radius 3 is 2.50 bits per heavy atom. The predicted octanol–water partition coefficient (Wildman–Crippen LogP) is 3.42. The van der Waals surface area contributed by atoms with Crippen molar-refractivity contribution < 1.29 is 9.59 Å². The lowest BCUT2D eigenvalue weighted by Gasteiger charge is -2.07. The highest BCUT2D eigenvalue weighted by molar-refractivity contribution is 6.31.